The second-order valence-electron chi connectivity index (χ2n) is 7.56. The van der Waals surface area contributed by atoms with E-state index in [1.807, 2.05) is 0 Å². The first-order valence-electron chi connectivity index (χ1n) is 10.6. The summed E-state index contributed by atoms with van der Waals surface area (Å²) in [7, 11) is 0. The fourth-order valence-corrected chi connectivity index (χ4v) is 4.20. The summed E-state index contributed by atoms with van der Waals surface area (Å²) in [5.74, 6) is 1.25. The van der Waals surface area contributed by atoms with Crippen molar-refractivity contribution < 1.29 is 0 Å². The Balaban J connectivity index is 1.77. The molecule has 0 heterocycles. The summed E-state index contributed by atoms with van der Waals surface area (Å²) in [6, 6.07) is 49.5. The molecule has 1 radical (unpaired) electrons. The molecular weight excluding hydrogens is 372 g/mol. The smallest absolute Gasteiger partial charge is 0.0622 e. The third-order valence-electron chi connectivity index (χ3n) is 5.62. The lowest BCUT2D eigenvalue weighted by molar-refractivity contribution is 1.23. The van der Waals surface area contributed by atoms with E-state index in [1.54, 1.807) is 0 Å². The van der Waals surface area contributed by atoms with E-state index in [0.29, 0.717) is 0 Å². The Morgan fingerprint density at radius 1 is 0.323 bits per heavy atom. The van der Waals surface area contributed by atoms with Gasteiger partial charge in [0.15, 0.2) is 0 Å². The lowest BCUT2D eigenvalue weighted by Crippen LogP contribution is -2.08. The van der Waals surface area contributed by atoms with Crippen molar-refractivity contribution in [1.82, 2.24) is 0 Å². The average molecular weight is 396 g/mol. The van der Waals surface area contributed by atoms with E-state index in [0.717, 1.165) is 0 Å². The molecule has 5 aromatic carbocycles. The van der Waals surface area contributed by atoms with Crippen LogP contribution in [0.4, 0.5) is 0 Å². The second kappa shape index (κ2) is 8.85. The third kappa shape index (κ3) is 3.93. The predicted molar refractivity (Wildman–Crippen MR) is 131 cm³/mol. The van der Waals surface area contributed by atoms with E-state index in [-0.39, 0.29) is 0 Å². The molecule has 0 atom stereocenters. The van der Waals surface area contributed by atoms with Crippen LogP contribution >= 0.6 is 0 Å². The summed E-state index contributed by atoms with van der Waals surface area (Å²) in [5.41, 5.74) is 8.63. The molecule has 0 aliphatic carbocycles. The van der Waals surface area contributed by atoms with Crippen LogP contribution in [0.1, 0.15) is 16.7 Å². The van der Waals surface area contributed by atoms with Crippen LogP contribution in [0.5, 0.6) is 0 Å². The zero-order chi connectivity index (χ0) is 20.9. The van der Waals surface area contributed by atoms with E-state index in [1.165, 1.54) is 44.9 Å². The molecule has 0 nitrogen and oxygen atoms in total. The monoisotopic (exact) mass is 395 g/mol. The fourth-order valence-electron chi connectivity index (χ4n) is 4.20. The molecule has 147 valence electrons. The van der Waals surface area contributed by atoms with E-state index in [4.69, 9.17) is 0 Å². The number of benzene rings is 5. The summed E-state index contributed by atoms with van der Waals surface area (Å²) in [6.45, 7) is 0. The number of hydrogen-bond donors (Lipinski definition) is 0. The van der Waals surface area contributed by atoms with E-state index < -0.39 is 0 Å². The van der Waals surface area contributed by atoms with Crippen molar-refractivity contribution in [3.63, 3.8) is 0 Å². The molecule has 0 heteroatoms. The molecule has 0 aliphatic rings. The van der Waals surface area contributed by atoms with Crippen molar-refractivity contribution in [3.05, 3.63) is 162 Å². The minimum Gasteiger partial charge on any atom is -0.0622 e. The highest BCUT2D eigenvalue weighted by Gasteiger charge is 2.23. The molecule has 5 rings (SSSR count). The van der Waals surface area contributed by atoms with Crippen molar-refractivity contribution in [2.45, 2.75) is 0 Å². The molecule has 5 aromatic rings. The standard InChI is InChI=1S/C31H23/c1-4-14-24(15-5-1)27-20-10-12-22-29(27)31(26-18-8-3-9-19-26)30-23-13-11-21-28(30)25-16-6-2-7-17-25/h1-23H. The molecule has 0 bridgehead atoms. The molecule has 0 spiro atoms. The Hall–Kier alpha value is -3.90. The van der Waals surface area contributed by atoms with Crippen molar-refractivity contribution in [2.75, 3.05) is 0 Å². The van der Waals surface area contributed by atoms with Crippen molar-refractivity contribution in [1.29, 1.82) is 0 Å². The van der Waals surface area contributed by atoms with Crippen molar-refractivity contribution >= 4 is 0 Å². The van der Waals surface area contributed by atoms with E-state index in [9.17, 15) is 0 Å². The fraction of sp³-hybridized carbons (Fsp3) is 0. The van der Waals surface area contributed by atoms with Crippen LogP contribution in [0.15, 0.2) is 140 Å². The van der Waals surface area contributed by atoms with Crippen LogP contribution in [-0.2, 0) is 0 Å². The molecule has 0 saturated heterocycles. The molecule has 0 fully saturated rings. The maximum absolute atomic E-state index is 2.24. The Kier molecular flexibility index (Phi) is 5.45. The molecule has 0 amide bonds. The summed E-state index contributed by atoms with van der Waals surface area (Å²) in [6.07, 6.45) is 0. The minimum absolute atomic E-state index is 1.22. The van der Waals surface area contributed by atoms with Crippen LogP contribution in [0.2, 0.25) is 0 Å². The molecular formula is C31H23. The second-order valence-corrected chi connectivity index (χ2v) is 7.56. The highest BCUT2D eigenvalue weighted by molar-refractivity contribution is 5.80. The van der Waals surface area contributed by atoms with E-state index in [2.05, 4.69) is 140 Å². The normalized spacial score (nSPS) is 10.9. The van der Waals surface area contributed by atoms with Crippen molar-refractivity contribution in [2.24, 2.45) is 0 Å². The zero-order valence-electron chi connectivity index (χ0n) is 17.3. The van der Waals surface area contributed by atoms with Crippen LogP contribution in [-0.4, -0.2) is 0 Å². The number of hydrogen-bond acceptors (Lipinski definition) is 0. The van der Waals surface area contributed by atoms with Gasteiger partial charge >= 0.3 is 0 Å². The van der Waals surface area contributed by atoms with Gasteiger partial charge in [-0.15, -0.1) is 0 Å². The molecule has 31 heavy (non-hydrogen) atoms. The Morgan fingerprint density at radius 3 is 1.13 bits per heavy atom. The summed E-state index contributed by atoms with van der Waals surface area (Å²) >= 11 is 0. The van der Waals surface area contributed by atoms with Crippen molar-refractivity contribution in [3.8, 4) is 22.3 Å². The van der Waals surface area contributed by atoms with Gasteiger partial charge in [0.2, 0.25) is 0 Å². The topological polar surface area (TPSA) is 0 Å². The van der Waals surface area contributed by atoms with Gasteiger partial charge in [0.1, 0.15) is 0 Å². The first kappa shape index (κ1) is 19.1. The summed E-state index contributed by atoms with van der Waals surface area (Å²) in [4.78, 5) is 0. The summed E-state index contributed by atoms with van der Waals surface area (Å²) < 4.78 is 0. The zero-order valence-corrected chi connectivity index (χ0v) is 17.3. The molecule has 0 N–H and O–H groups in total. The first-order chi connectivity index (χ1) is 15.4. The molecule has 0 aliphatic heterocycles. The average Bonchev–Trinajstić information content (AvgIpc) is 2.87. The third-order valence-corrected chi connectivity index (χ3v) is 5.62. The lowest BCUT2D eigenvalue weighted by atomic mass is 9.79. The first-order valence-corrected chi connectivity index (χ1v) is 10.6. The Morgan fingerprint density at radius 2 is 0.677 bits per heavy atom. The maximum atomic E-state index is 2.24. The number of rotatable bonds is 5. The van der Waals surface area contributed by atoms with Gasteiger partial charge in [-0.1, -0.05) is 140 Å². The SMILES string of the molecule is c1ccc([C](c2ccccc2-c2ccccc2)c2ccccc2-c2ccccc2)cc1. The van der Waals surface area contributed by atoms with Gasteiger partial charge in [-0.3, -0.25) is 0 Å². The highest BCUT2D eigenvalue weighted by Crippen LogP contribution is 2.40. The molecule has 0 aromatic heterocycles. The van der Waals surface area contributed by atoms with Crippen LogP contribution < -0.4 is 0 Å². The largest absolute Gasteiger partial charge is 0.0641 e. The van der Waals surface area contributed by atoms with Crippen LogP contribution in [0.3, 0.4) is 0 Å². The van der Waals surface area contributed by atoms with Crippen LogP contribution in [0.25, 0.3) is 22.3 Å². The van der Waals surface area contributed by atoms with Gasteiger partial charge < -0.3 is 0 Å². The van der Waals surface area contributed by atoms with Gasteiger partial charge in [0.25, 0.3) is 0 Å². The van der Waals surface area contributed by atoms with E-state index >= 15 is 0 Å². The highest BCUT2D eigenvalue weighted by atomic mass is 14.3. The summed E-state index contributed by atoms with van der Waals surface area (Å²) in [5, 5.41) is 0. The maximum Gasteiger partial charge on any atom is 0.0641 e. The van der Waals surface area contributed by atoms with Gasteiger partial charge in [-0.05, 0) is 38.9 Å². The van der Waals surface area contributed by atoms with Gasteiger partial charge in [0, 0.05) is 0 Å². The quantitative estimate of drug-likeness (QED) is 0.264. The molecule has 0 saturated carbocycles. The minimum atomic E-state index is 1.22. The predicted octanol–water partition coefficient (Wildman–Crippen LogP) is 8.04. The Bertz CT molecular complexity index is 1170. The van der Waals surface area contributed by atoms with Crippen LogP contribution in [0, 0.1) is 5.92 Å². The van der Waals surface area contributed by atoms with Gasteiger partial charge in [-0.2, -0.15) is 0 Å². The lowest BCUT2D eigenvalue weighted by Gasteiger charge is -2.24. The Labute approximate surface area is 184 Å². The molecule has 0 unspecified atom stereocenters. The van der Waals surface area contributed by atoms with Gasteiger partial charge in [-0.25, -0.2) is 0 Å². The van der Waals surface area contributed by atoms with Gasteiger partial charge in [0.05, 0.1) is 5.92 Å².